The monoisotopic (exact) mass is 225 g/mol. The second kappa shape index (κ2) is 8.25. The number of benzene rings is 1. The van der Waals surface area contributed by atoms with Gasteiger partial charge in [0.25, 0.3) is 0 Å². The maximum absolute atomic E-state index is 12.6. The first-order chi connectivity index (χ1) is 7.83. The summed E-state index contributed by atoms with van der Waals surface area (Å²) in [7, 11) is 0. The number of rotatable bonds is 8. The van der Waals surface area contributed by atoms with Crippen LogP contribution < -0.4 is 5.32 Å². The molecular formula is C13H20FNO. The van der Waals surface area contributed by atoms with E-state index < -0.39 is 0 Å². The number of unbranched alkanes of at least 4 members (excludes halogenated alkanes) is 1. The van der Waals surface area contributed by atoms with Crippen molar-refractivity contribution < 1.29 is 9.13 Å². The van der Waals surface area contributed by atoms with Crippen molar-refractivity contribution >= 4 is 0 Å². The normalized spacial score (nSPS) is 10.6. The Labute approximate surface area is 96.8 Å². The van der Waals surface area contributed by atoms with E-state index in [1.165, 1.54) is 12.1 Å². The average molecular weight is 225 g/mol. The molecule has 1 aromatic rings. The summed E-state index contributed by atoms with van der Waals surface area (Å²) < 4.78 is 17.9. The van der Waals surface area contributed by atoms with Gasteiger partial charge in [-0.3, -0.25) is 0 Å². The van der Waals surface area contributed by atoms with Crippen molar-refractivity contribution in [2.75, 3.05) is 19.8 Å². The molecule has 1 N–H and O–H groups in total. The largest absolute Gasteiger partial charge is 0.382 e. The molecule has 0 amide bonds. The molecule has 0 fully saturated rings. The van der Waals surface area contributed by atoms with Crippen molar-refractivity contribution in [1.29, 1.82) is 0 Å². The van der Waals surface area contributed by atoms with E-state index in [4.69, 9.17) is 4.74 Å². The first-order valence-electron chi connectivity index (χ1n) is 5.86. The van der Waals surface area contributed by atoms with Gasteiger partial charge in [-0.1, -0.05) is 12.1 Å². The molecule has 0 bridgehead atoms. The molecule has 0 saturated heterocycles. The Morgan fingerprint density at radius 3 is 2.62 bits per heavy atom. The third kappa shape index (κ3) is 5.83. The maximum atomic E-state index is 12.6. The minimum atomic E-state index is -0.180. The Hall–Kier alpha value is -0.930. The van der Waals surface area contributed by atoms with Crippen LogP contribution in [0.4, 0.5) is 4.39 Å². The Bertz CT molecular complexity index is 274. The highest BCUT2D eigenvalue weighted by Gasteiger charge is 1.93. The number of ether oxygens (including phenoxy) is 1. The fourth-order valence-corrected chi connectivity index (χ4v) is 1.43. The van der Waals surface area contributed by atoms with Crippen LogP contribution >= 0.6 is 0 Å². The highest BCUT2D eigenvalue weighted by molar-refractivity contribution is 5.15. The lowest BCUT2D eigenvalue weighted by Crippen LogP contribution is -2.15. The van der Waals surface area contributed by atoms with Gasteiger partial charge >= 0.3 is 0 Å². The Morgan fingerprint density at radius 1 is 1.19 bits per heavy atom. The molecule has 90 valence electrons. The van der Waals surface area contributed by atoms with E-state index >= 15 is 0 Å². The van der Waals surface area contributed by atoms with Crippen LogP contribution in [0.15, 0.2) is 24.3 Å². The third-order valence-corrected chi connectivity index (χ3v) is 2.34. The molecule has 0 saturated carbocycles. The smallest absolute Gasteiger partial charge is 0.123 e. The fourth-order valence-electron chi connectivity index (χ4n) is 1.43. The molecule has 0 spiro atoms. The molecule has 0 heterocycles. The average Bonchev–Trinajstić information content (AvgIpc) is 2.30. The first-order valence-corrected chi connectivity index (χ1v) is 5.86. The summed E-state index contributed by atoms with van der Waals surface area (Å²) in [5.41, 5.74) is 1.12. The number of nitrogens with one attached hydrogen (secondary N) is 1. The van der Waals surface area contributed by atoms with Crippen molar-refractivity contribution in [3.05, 3.63) is 35.6 Å². The lowest BCUT2D eigenvalue weighted by Gasteiger charge is -2.05. The zero-order valence-corrected chi connectivity index (χ0v) is 9.84. The summed E-state index contributed by atoms with van der Waals surface area (Å²) in [6.45, 7) is 5.42. The highest BCUT2D eigenvalue weighted by atomic mass is 19.1. The van der Waals surface area contributed by atoms with Gasteiger partial charge < -0.3 is 10.1 Å². The van der Waals surface area contributed by atoms with Gasteiger partial charge in [0.2, 0.25) is 0 Å². The van der Waals surface area contributed by atoms with Gasteiger partial charge in [-0.25, -0.2) is 4.39 Å². The van der Waals surface area contributed by atoms with E-state index in [1.807, 2.05) is 19.1 Å². The summed E-state index contributed by atoms with van der Waals surface area (Å²) in [5, 5.41) is 3.32. The van der Waals surface area contributed by atoms with Gasteiger partial charge in [0.1, 0.15) is 5.82 Å². The first kappa shape index (κ1) is 13.1. The zero-order valence-electron chi connectivity index (χ0n) is 9.84. The lowest BCUT2D eigenvalue weighted by molar-refractivity contribution is 0.143. The number of hydrogen-bond acceptors (Lipinski definition) is 2. The predicted octanol–water partition coefficient (Wildman–Crippen LogP) is 2.73. The molecule has 0 unspecified atom stereocenters. The van der Waals surface area contributed by atoms with Gasteiger partial charge in [0.05, 0.1) is 0 Å². The van der Waals surface area contributed by atoms with Crippen LogP contribution in [0, 0.1) is 5.82 Å². The topological polar surface area (TPSA) is 21.3 Å². The highest BCUT2D eigenvalue weighted by Crippen LogP contribution is 2.02. The fraction of sp³-hybridized carbons (Fsp3) is 0.538. The van der Waals surface area contributed by atoms with Crippen molar-refractivity contribution in [1.82, 2.24) is 5.32 Å². The molecule has 1 aromatic carbocycles. The summed E-state index contributed by atoms with van der Waals surface area (Å²) in [5.74, 6) is -0.180. The summed E-state index contributed by atoms with van der Waals surface area (Å²) >= 11 is 0. The van der Waals surface area contributed by atoms with Crippen LogP contribution in [0.5, 0.6) is 0 Å². The minimum Gasteiger partial charge on any atom is -0.382 e. The van der Waals surface area contributed by atoms with Crippen molar-refractivity contribution in [3.63, 3.8) is 0 Å². The molecule has 0 radical (unpaired) electrons. The van der Waals surface area contributed by atoms with Crippen LogP contribution in [0.3, 0.4) is 0 Å². The van der Waals surface area contributed by atoms with Gasteiger partial charge in [0.15, 0.2) is 0 Å². The molecule has 0 atom stereocenters. The molecule has 0 aromatic heterocycles. The van der Waals surface area contributed by atoms with Gasteiger partial charge in [0, 0.05) is 19.8 Å². The van der Waals surface area contributed by atoms with Crippen molar-refractivity contribution in [2.24, 2.45) is 0 Å². The molecule has 1 rings (SSSR count). The van der Waals surface area contributed by atoms with Crippen LogP contribution in [0.2, 0.25) is 0 Å². The Kier molecular flexibility index (Phi) is 6.77. The lowest BCUT2D eigenvalue weighted by atomic mass is 10.2. The predicted molar refractivity (Wildman–Crippen MR) is 63.8 cm³/mol. The van der Waals surface area contributed by atoms with E-state index in [-0.39, 0.29) is 5.82 Å². The number of hydrogen-bond donors (Lipinski definition) is 1. The van der Waals surface area contributed by atoms with Crippen molar-refractivity contribution in [2.45, 2.75) is 26.3 Å². The van der Waals surface area contributed by atoms with E-state index in [1.54, 1.807) is 0 Å². The quantitative estimate of drug-likeness (QED) is 0.687. The third-order valence-electron chi connectivity index (χ3n) is 2.34. The van der Waals surface area contributed by atoms with Crippen LogP contribution in [-0.4, -0.2) is 19.8 Å². The molecule has 3 heteroatoms. The minimum absolute atomic E-state index is 0.180. The molecule has 0 aliphatic rings. The Balaban J connectivity index is 2.01. The molecule has 0 aliphatic heterocycles. The van der Waals surface area contributed by atoms with Gasteiger partial charge in [-0.05, 0) is 44.0 Å². The SMILES string of the molecule is CCOCCCCNCc1ccc(F)cc1. The molecular weight excluding hydrogens is 205 g/mol. The second-order valence-electron chi connectivity index (χ2n) is 3.71. The summed E-state index contributed by atoms with van der Waals surface area (Å²) in [6.07, 6.45) is 2.20. The van der Waals surface area contributed by atoms with Gasteiger partial charge in [-0.15, -0.1) is 0 Å². The van der Waals surface area contributed by atoms with Crippen molar-refractivity contribution in [3.8, 4) is 0 Å². The summed E-state index contributed by atoms with van der Waals surface area (Å²) in [6, 6.07) is 6.60. The zero-order chi connectivity index (χ0) is 11.6. The number of halogens is 1. The van der Waals surface area contributed by atoms with E-state index in [2.05, 4.69) is 5.32 Å². The second-order valence-corrected chi connectivity index (χ2v) is 3.71. The van der Waals surface area contributed by atoms with E-state index in [0.717, 1.165) is 44.7 Å². The molecule has 0 aliphatic carbocycles. The van der Waals surface area contributed by atoms with E-state index in [0.29, 0.717) is 0 Å². The maximum Gasteiger partial charge on any atom is 0.123 e. The van der Waals surface area contributed by atoms with Crippen LogP contribution in [0.25, 0.3) is 0 Å². The Morgan fingerprint density at radius 2 is 1.94 bits per heavy atom. The van der Waals surface area contributed by atoms with Crippen LogP contribution in [0.1, 0.15) is 25.3 Å². The van der Waals surface area contributed by atoms with E-state index in [9.17, 15) is 4.39 Å². The molecule has 2 nitrogen and oxygen atoms in total. The standard InChI is InChI=1S/C13H20FNO/c1-2-16-10-4-3-9-15-11-12-5-7-13(14)8-6-12/h5-8,15H,2-4,9-11H2,1H3. The molecule has 16 heavy (non-hydrogen) atoms. The summed E-state index contributed by atoms with van der Waals surface area (Å²) in [4.78, 5) is 0. The van der Waals surface area contributed by atoms with Gasteiger partial charge in [-0.2, -0.15) is 0 Å². The van der Waals surface area contributed by atoms with Crippen LogP contribution in [-0.2, 0) is 11.3 Å².